The van der Waals surface area contributed by atoms with Gasteiger partial charge < -0.3 is 10.4 Å². The highest BCUT2D eigenvalue weighted by molar-refractivity contribution is 8.18. The largest absolute Gasteiger partial charge is 0.478 e. The van der Waals surface area contributed by atoms with Crippen LogP contribution in [0.25, 0.3) is 6.08 Å². The molecule has 7 heteroatoms. The van der Waals surface area contributed by atoms with Crippen molar-refractivity contribution in [2.24, 2.45) is 4.99 Å². The number of nitrogens with zero attached hydrogens (tertiary/aromatic N) is 1. The van der Waals surface area contributed by atoms with Gasteiger partial charge in [0.1, 0.15) is 0 Å². The molecule has 1 aliphatic rings. The molecule has 2 aromatic rings. The van der Waals surface area contributed by atoms with Gasteiger partial charge in [-0.05, 0) is 53.7 Å². The van der Waals surface area contributed by atoms with Crippen molar-refractivity contribution in [1.82, 2.24) is 5.32 Å². The summed E-state index contributed by atoms with van der Waals surface area (Å²) in [5.74, 6) is -1.35. The SMILES string of the molecule is O=C1NC(=Nc2ccc(Cl)cc2)S/C1=C/c1ccccc1C(=O)O. The molecule has 5 nitrogen and oxygen atoms in total. The van der Waals surface area contributed by atoms with E-state index < -0.39 is 5.97 Å². The predicted octanol–water partition coefficient (Wildman–Crippen LogP) is 3.93. The molecule has 2 aromatic carbocycles. The van der Waals surface area contributed by atoms with E-state index >= 15 is 0 Å². The van der Waals surface area contributed by atoms with Crippen LogP contribution in [0.15, 0.2) is 58.4 Å². The van der Waals surface area contributed by atoms with Crippen molar-refractivity contribution < 1.29 is 14.7 Å². The minimum absolute atomic E-state index is 0.140. The predicted molar refractivity (Wildman–Crippen MR) is 95.7 cm³/mol. The quantitative estimate of drug-likeness (QED) is 0.815. The molecule has 0 spiro atoms. The Kier molecular flexibility index (Phi) is 4.69. The summed E-state index contributed by atoms with van der Waals surface area (Å²) in [6.07, 6.45) is 1.55. The summed E-state index contributed by atoms with van der Waals surface area (Å²) >= 11 is 6.98. The van der Waals surface area contributed by atoms with Crippen LogP contribution in [0.3, 0.4) is 0 Å². The molecule has 2 N–H and O–H groups in total. The number of carbonyl (C=O) groups is 2. The number of amidine groups is 1. The minimum Gasteiger partial charge on any atom is -0.478 e. The molecule has 1 heterocycles. The number of nitrogens with one attached hydrogen (secondary N) is 1. The fraction of sp³-hybridized carbons (Fsp3) is 0. The van der Waals surface area contributed by atoms with E-state index in [0.717, 1.165) is 11.8 Å². The van der Waals surface area contributed by atoms with Gasteiger partial charge in [0, 0.05) is 5.02 Å². The molecule has 0 radical (unpaired) electrons. The van der Waals surface area contributed by atoms with Crippen LogP contribution in [-0.2, 0) is 4.79 Å². The van der Waals surface area contributed by atoms with Gasteiger partial charge in [0.15, 0.2) is 5.17 Å². The molecule has 1 amide bonds. The van der Waals surface area contributed by atoms with Crippen LogP contribution in [0.2, 0.25) is 5.02 Å². The van der Waals surface area contributed by atoms with Gasteiger partial charge in [-0.25, -0.2) is 9.79 Å². The third-order valence-corrected chi connectivity index (χ3v) is 4.35. The summed E-state index contributed by atoms with van der Waals surface area (Å²) in [6.45, 7) is 0. The van der Waals surface area contributed by atoms with Crippen molar-refractivity contribution in [3.63, 3.8) is 0 Å². The number of aliphatic imine (C=N–C) groups is 1. The Morgan fingerprint density at radius 3 is 2.58 bits per heavy atom. The number of carboxylic acids is 1. The summed E-state index contributed by atoms with van der Waals surface area (Å²) in [5, 5.41) is 12.9. The third kappa shape index (κ3) is 3.67. The van der Waals surface area contributed by atoms with E-state index in [1.165, 1.54) is 6.07 Å². The topological polar surface area (TPSA) is 78.8 Å². The number of rotatable bonds is 3. The number of thioether (sulfide) groups is 1. The molecule has 1 saturated heterocycles. The first-order chi connectivity index (χ1) is 11.5. The van der Waals surface area contributed by atoms with Crippen molar-refractivity contribution in [2.75, 3.05) is 0 Å². The molecule has 0 unspecified atom stereocenters. The molecule has 0 bridgehead atoms. The zero-order valence-corrected chi connectivity index (χ0v) is 13.8. The summed E-state index contributed by atoms with van der Waals surface area (Å²) in [7, 11) is 0. The monoisotopic (exact) mass is 358 g/mol. The van der Waals surface area contributed by atoms with Crippen LogP contribution in [0.5, 0.6) is 0 Å². The molecule has 1 fully saturated rings. The number of halogens is 1. The summed E-state index contributed by atoms with van der Waals surface area (Å²) in [6, 6.07) is 13.4. The fourth-order valence-corrected chi connectivity index (χ4v) is 3.03. The van der Waals surface area contributed by atoms with Gasteiger partial charge in [0.2, 0.25) is 0 Å². The second-order valence-electron chi connectivity index (χ2n) is 4.85. The number of benzene rings is 2. The zero-order chi connectivity index (χ0) is 17.1. The molecular formula is C17H11ClN2O3S. The second-order valence-corrected chi connectivity index (χ2v) is 6.32. The van der Waals surface area contributed by atoms with Gasteiger partial charge in [-0.15, -0.1) is 0 Å². The van der Waals surface area contributed by atoms with Gasteiger partial charge in [-0.2, -0.15) is 0 Å². The summed E-state index contributed by atoms with van der Waals surface area (Å²) < 4.78 is 0. The maximum atomic E-state index is 12.1. The Morgan fingerprint density at radius 2 is 1.88 bits per heavy atom. The van der Waals surface area contributed by atoms with Crippen LogP contribution < -0.4 is 5.32 Å². The Morgan fingerprint density at radius 1 is 1.17 bits per heavy atom. The van der Waals surface area contributed by atoms with E-state index in [1.54, 1.807) is 48.5 Å². The lowest BCUT2D eigenvalue weighted by Gasteiger charge is -2.00. The molecule has 24 heavy (non-hydrogen) atoms. The Hall–Kier alpha value is -2.57. The fourth-order valence-electron chi connectivity index (χ4n) is 2.07. The molecule has 0 aromatic heterocycles. The molecule has 0 saturated carbocycles. The van der Waals surface area contributed by atoms with E-state index in [9.17, 15) is 14.7 Å². The second kappa shape index (κ2) is 6.90. The average Bonchev–Trinajstić information content (AvgIpc) is 2.89. The van der Waals surface area contributed by atoms with Gasteiger partial charge in [-0.3, -0.25) is 4.79 Å². The van der Waals surface area contributed by atoms with Crippen LogP contribution >= 0.6 is 23.4 Å². The number of carboxylic acid groups (broad SMARTS) is 1. The van der Waals surface area contributed by atoms with Gasteiger partial charge in [0.05, 0.1) is 16.2 Å². The van der Waals surface area contributed by atoms with Crippen molar-refractivity contribution in [3.05, 3.63) is 69.6 Å². The third-order valence-electron chi connectivity index (χ3n) is 3.19. The Balaban J connectivity index is 1.88. The number of carbonyl (C=O) groups excluding carboxylic acids is 1. The van der Waals surface area contributed by atoms with Crippen LogP contribution in [0.4, 0.5) is 5.69 Å². The van der Waals surface area contributed by atoms with Gasteiger partial charge >= 0.3 is 5.97 Å². The van der Waals surface area contributed by atoms with Crippen molar-refractivity contribution in [2.45, 2.75) is 0 Å². The van der Waals surface area contributed by atoms with E-state index in [1.807, 2.05) is 0 Å². The maximum Gasteiger partial charge on any atom is 0.336 e. The number of hydrogen-bond acceptors (Lipinski definition) is 4. The lowest BCUT2D eigenvalue weighted by molar-refractivity contribution is -0.115. The normalized spacial score (nSPS) is 17.3. The van der Waals surface area contributed by atoms with Crippen LogP contribution in [0, 0.1) is 0 Å². The molecule has 0 aliphatic carbocycles. The number of amides is 1. The summed E-state index contributed by atoms with van der Waals surface area (Å²) in [5.41, 5.74) is 1.27. The first-order valence-corrected chi connectivity index (χ1v) is 8.10. The van der Waals surface area contributed by atoms with Crippen molar-refractivity contribution >= 4 is 52.2 Å². The van der Waals surface area contributed by atoms with Gasteiger partial charge in [0.25, 0.3) is 5.91 Å². The number of hydrogen-bond donors (Lipinski definition) is 2. The van der Waals surface area contributed by atoms with Gasteiger partial charge in [-0.1, -0.05) is 29.8 Å². The molecular weight excluding hydrogens is 348 g/mol. The van der Waals surface area contributed by atoms with E-state index in [4.69, 9.17) is 11.6 Å². The molecule has 120 valence electrons. The minimum atomic E-state index is -1.04. The lowest BCUT2D eigenvalue weighted by atomic mass is 10.1. The zero-order valence-electron chi connectivity index (χ0n) is 12.2. The van der Waals surface area contributed by atoms with E-state index in [-0.39, 0.29) is 11.5 Å². The first kappa shape index (κ1) is 16.3. The van der Waals surface area contributed by atoms with E-state index in [2.05, 4.69) is 10.3 Å². The Labute approximate surface area is 147 Å². The highest BCUT2D eigenvalue weighted by Crippen LogP contribution is 2.29. The van der Waals surface area contributed by atoms with Crippen molar-refractivity contribution in [1.29, 1.82) is 0 Å². The van der Waals surface area contributed by atoms with Crippen LogP contribution in [0.1, 0.15) is 15.9 Å². The smallest absolute Gasteiger partial charge is 0.336 e. The number of aromatic carboxylic acids is 1. The standard InChI is InChI=1S/C17H11ClN2O3S/c18-11-5-7-12(8-6-11)19-17-20-15(21)14(24-17)9-10-3-1-2-4-13(10)16(22)23/h1-9H,(H,22,23)(H,19,20,21)/b14-9+. The molecule has 3 rings (SSSR count). The lowest BCUT2D eigenvalue weighted by Crippen LogP contribution is -2.19. The highest BCUT2D eigenvalue weighted by atomic mass is 35.5. The van der Waals surface area contributed by atoms with Crippen molar-refractivity contribution in [3.8, 4) is 0 Å². The summed E-state index contributed by atoms with van der Waals surface area (Å²) in [4.78, 5) is 28.0. The molecule has 1 aliphatic heterocycles. The average molecular weight is 359 g/mol. The van der Waals surface area contributed by atoms with Crippen LogP contribution in [-0.4, -0.2) is 22.2 Å². The Bertz CT molecular complexity index is 876. The highest BCUT2D eigenvalue weighted by Gasteiger charge is 2.24. The maximum absolute atomic E-state index is 12.1. The van der Waals surface area contributed by atoms with E-state index in [0.29, 0.717) is 26.3 Å². The molecule has 0 atom stereocenters. The first-order valence-electron chi connectivity index (χ1n) is 6.90.